The lowest BCUT2D eigenvalue weighted by Crippen LogP contribution is -2.48. The summed E-state index contributed by atoms with van der Waals surface area (Å²) in [5, 5.41) is 2.09. The van der Waals surface area contributed by atoms with E-state index in [-0.39, 0.29) is 31.0 Å². The Kier molecular flexibility index (Phi) is 7.98. The molecule has 1 aliphatic rings. The molecule has 6 nitrogen and oxygen atoms in total. The first-order chi connectivity index (χ1) is 16.6. The topological polar surface area (TPSA) is 59.1 Å². The summed E-state index contributed by atoms with van der Waals surface area (Å²) in [5.41, 5.74) is 3.44. The molecule has 2 amide bonds. The van der Waals surface area contributed by atoms with Crippen molar-refractivity contribution in [1.82, 2.24) is 9.80 Å². The second-order valence-electron chi connectivity index (χ2n) is 8.36. The number of rotatable bonds is 9. The van der Waals surface area contributed by atoms with Crippen molar-refractivity contribution in [3.63, 3.8) is 0 Å². The number of para-hydroxylation sites is 1. The molecule has 2 heterocycles. The van der Waals surface area contributed by atoms with E-state index in [4.69, 9.17) is 9.47 Å². The monoisotopic (exact) mass is 478 g/mol. The highest BCUT2D eigenvalue weighted by Crippen LogP contribution is 2.38. The molecule has 0 spiro atoms. The van der Waals surface area contributed by atoms with Crippen LogP contribution >= 0.6 is 11.3 Å². The highest BCUT2D eigenvalue weighted by atomic mass is 32.1. The van der Waals surface area contributed by atoms with E-state index in [1.54, 1.807) is 30.6 Å². The van der Waals surface area contributed by atoms with Gasteiger partial charge in [-0.1, -0.05) is 48.0 Å². The first-order valence-electron chi connectivity index (χ1n) is 11.4. The third kappa shape index (κ3) is 5.66. The third-order valence-corrected chi connectivity index (χ3v) is 7.03. The molecule has 0 saturated carbocycles. The summed E-state index contributed by atoms with van der Waals surface area (Å²) in [7, 11) is 1.58. The number of nitrogens with zero attached hydrogens (tertiary/aromatic N) is 2. The first-order valence-corrected chi connectivity index (χ1v) is 12.3. The number of hydrogen-bond donors (Lipinski definition) is 0. The molecule has 0 radical (unpaired) electrons. The number of amides is 2. The van der Waals surface area contributed by atoms with Gasteiger partial charge in [-0.05, 0) is 48.1 Å². The van der Waals surface area contributed by atoms with Crippen molar-refractivity contribution >= 4 is 23.2 Å². The van der Waals surface area contributed by atoms with Gasteiger partial charge in [-0.3, -0.25) is 9.59 Å². The largest absolute Gasteiger partial charge is 0.484 e. The minimum Gasteiger partial charge on any atom is -0.484 e. The summed E-state index contributed by atoms with van der Waals surface area (Å²) < 4.78 is 10.8. The van der Waals surface area contributed by atoms with E-state index in [1.807, 2.05) is 23.1 Å². The Balaban J connectivity index is 1.51. The quantitative estimate of drug-likeness (QED) is 0.465. The summed E-state index contributed by atoms with van der Waals surface area (Å²) >= 11 is 1.74. The van der Waals surface area contributed by atoms with Crippen molar-refractivity contribution in [3.8, 4) is 5.75 Å². The average molecular weight is 479 g/mol. The van der Waals surface area contributed by atoms with Gasteiger partial charge in [0.15, 0.2) is 6.61 Å². The second-order valence-corrected chi connectivity index (χ2v) is 9.36. The summed E-state index contributed by atoms with van der Waals surface area (Å²) in [6.07, 6.45) is 0.824. The maximum absolute atomic E-state index is 13.6. The van der Waals surface area contributed by atoms with Crippen molar-refractivity contribution in [2.24, 2.45) is 0 Å². The Bertz CT molecular complexity index is 1100. The number of carbonyl (C=O) groups is 2. The lowest BCUT2D eigenvalue weighted by Gasteiger charge is -2.37. The average Bonchev–Trinajstić information content (AvgIpc) is 3.34. The normalized spacial score (nSPS) is 15.0. The van der Waals surface area contributed by atoms with Crippen LogP contribution in [0.4, 0.5) is 0 Å². The lowest BCUT2D eigenvalue weighted by molar-refractivity contribution is -0.143. The first kappa shape index (κ1) is 24.0. The summed E-state index contributed by atoms with van der Waals surface area (Å²) in [6.45, 7) is 3.21. The minimum atomic E-state index is -0.241. The number of hydrogen-bond acceptors (Lipinski definition) is 5. The summed E-state index contributed by atoms with van der Waals surface area (Å²) in [6, 6.07) is 19.5. The summed E-state index contributed by atoms with van der Waals surface area (Å²) in [4.78, 5) is 31.3. The van der Waals surface area contributed by atoms with Crippen LogP contribution in [0.5, 0.6) is 5.75 Å². The predicted octanol–water partition coefficient (Wildman–Crippen LogP) is 4.08. The Morgan fingerprint density at radius 3 is 2.59 bits per heavy atom. The number of aryl methyl sites for hydroxylation is 1. The van der Waals surface area contributed by atoms with Crippen molar-refractivity contribution in [1.29, 1.82) is 0 Å². The van der Waals surface area contributed by atoms with Gasteiger partial charge in [0.1, 0.15) is 5.75 Å². The zero-order valence-electron chi connectivity index (χ0n) is 19.6. The van der Waals surface area contributed by atoms with E-state index in [9.17, 15) is 9.59 Å². The van der Waals surface area contributed by atoms with Crippen LogP contribution in [0.2, 0.25) is 0 Å². The molecular formula is C27H30N2O4S. The Morgan fingerprint density at radius 2 is 1.85 bits per heavy atom. The fourth-order valence-corrected chi connectivity index (χ4v) is 5.10. The van der Waals surface area contributed by atoms with Crippen LogP contribution in [0.25, 0.3) is 0 Å². The molecule has 1 aromatic heterocycles. The molecule has 1 unspecified atom stereocenters. The highest BCUT2D eigenvalue weighted by Gasteiger charge is 2.34. The van der Waals surface area contributed by atoms with Gasteiger partial charge in [-0.25, -0.2) is 0 Å². The molecule has 1 atom stereocenters. The van der Waals surface area contributed by atoms with E-state index in [0.717, 1.165) is 12.0 Å². The van der Waals surface area contributed by atoms with E-state index >= 15 is 0 Å². The van der Waals surface area contributed by atoms with Crippen molar-refractivity contribution < 1.29 is 19.1 Å². The Hall–Kier alpha value is -3.16. The fraction of sp³-hybridized carbons (Fsp3) is 0.333. The molecule has 0 bridgehead atoms. The van der Waals surface area contributed by atoms with Gasteiger partial charge in [-0.15, -0.1) is 11.3 Å². The summed E-state index contributed by atoms with van der Waals surface area (Å²) in [5.74, 6) is 0.301. The third-order valence-electron chi connectivity index (χ3n) is 6.03. The van der Waals surface area contributed by atoms with E-state index < -0.39 is 0 Å². The molecule has 0 fully saturated rings. The number of thiophene rings is 1. The van der Waals surface area contributed by atoms with Gasteiger partial charge in [0.25, 0.3) is 5.91 Å². The van der Waals surface area contributed by atoms with Crippen LogP contribution in [-0.4, -0.2) is 61.6 Å². The minimum absolute atomic E-state index is 0.0117. The molecule has 4 rings (SSSR count). The molecule has 2 aromatic carbocycles. The number of methoxy groups -OCH3 is 1. The number of ether oxygens (including phenoxy) is 2. The maximum atomic E-state index is 13.6. The molecule has 7 heteroatoms. The number of carbonyl (C=O) groups excluding carboxylic acids is 2. The van der Waals surface area contributed by atoms with Crippen LogP contribution in [0.15, 0.2) is 66.0 Å². The van der Waals surface area contributed by atoms with Gasteiger partial charge < -0.3 is 19.3 Å². The second kappa shape index (κ2) is 11.3. The van der Waals surface area contributed by atoms with Gasteiger partial charge in [0.2, 0.25) is 5.91 Å². The van der Waals surface area contributed by atoms with E-state index in [0.29, 0.717) is 25.4 Å². The smallest absolute Gasteiger partial charge is 0.261 e. The Labute approximate surface area is 204 Å². The lowest BCUT2D eigenvalue weighted by atomic mass is 9.92. The van der Waals surface area contributed by atoms with Crippen LogP contribution in [0.3, 0.4) is 0 Å². The molecular weight excluding hydrogens is 448 g/mol. The van der Waals surface area contributed by atoms with Crippen molar-refractivity contribution in [3.05, 3.63) is 87.6 Å². The van der Waals surface area contributed by atoms with Gasteiger partial charge in [0.05, 0.1) is 19.2 Å². The maximum Gasteiger partial charge on any atom is 0.261 e. The molecule has 0 aliphatic carbocycles. The van der Waals surface area contributed by atoms with Crippen molar-refractivity contribution in [2.45, 2.75) is 19.4 Å². The standard InChI is InChI=1S/C27H30N2O4S/c1-20-8-10-21(11-9-20)27-23-13-17-34-24(23)12-14-29(27)25(30)18-28(15-16-32-2)26(31)19-33-22-6-4-3-5-7-22/h3-11,13,17,27H,12,14-16,18-19H2,1-2H3. The molecule has 178 valence electrons. The van der Waals surface area contributed by atoms with Gasteiger partial charge >= 0.3 is 0 Å². The molecule has 34 heavy (non-hydrogen) atoms. The van der Waals surface area contributed by atoms with Gasteiger partial charge in [0, 0.05) is 25.1 Å². The van der Waals surface area contributed by atoms with E-state index in [2.05, 4.69) is 42.6 Å². The van der Waals surface area contributed by atoms with Crippen LogP contribution in [0, 0.1) is 6.92 Å². The number of fused-ring (bicyclic) bond motifs is 1. The van der Waals surface area contributed by atoms with Crippen LogP contribution in [-0.2, 0) is 20.7 Å². The fourth-order valence-electron chi connectivity index (χ4n) is 4.19. The van der Waals surface area contributed by atoms with Gasteiger partial charge in [-0.2, -0.15) is 0 Å². The molecule has 3 aromatic rings. The predicted molar refractivity (Wildman–Crippen MR) is 133 cm³/mol. The zero-order chi connectivity index (χ0) is 23.9. The zero-order valence-corrected chi connectivity index (χ0v) is 20.4. The van der Waals surface area contributed by atoms with E-state index in [1.165, 1.54) is 20.9 Å². The van der Waals surface area contributed by atoms with Crippen molar-refractivity contribution in [2.75, 3.05) is 40.0 Å². The van der Waals surface area contributed by atoms with Crippen LogP contribution < -0.4 is 4.74 Å². The number of benzene rings is 2. The molecule has 0 N–H and O–H groups in total. The SMILES string of the molecule is COCCN(CC(=O)N1CCc2sccc2C1c1ccc(C)cc1)C(=O)COc1ccccc1. The molecule has 1 aliphatic heterocycles. The molecule has 0 saturated heterocycles. The highest BCUT2D eigenvalue weighted by molar-refractivity contribution is 7.10. The van der Waals surface area contributed by atoms with Crippen LogP contribution in [0.1, 0.15) is 27.6 Å². The Morgan fingerprint density at radius 1 is 1.09 bits per heavy atom.